The monoisotopic (exact) mass is 374 g/mol. The van der Waals surface area contributed by atoms with Crippen molar-refractivity contribution in [2.24, 2.45) is 0 Å². The molecule has 9 heteroatoms. The molecule has 0 fully saturated rings. The van der Waals surface area contributed by atoms with E-state index >= 15 is 0 Å². The molecule has 1 aromatic carbocycles. The third kappa shape index (κ3) is 5.37. The van der Waals surface area contributed by atoms with E-state index in [-0.39, 0.29) is 37.1 Å². The molecular formula is C18H22N4O5. The van der Waals surface area contributed by atoms with Crippen molar-refractivity contribution in [2.75, 3.05) is 13.2 Å². The summed E-state index contributed by atoms with van der Waals surface area (Å²) in [4.78, 5) is 36.4. The van der Waals surface area contributed by atoms with Crippen LogP contribution in [0.3, 0.4) is 0 Å². The second-order valence-corrected chi connectivity index (χ2v) is 5.65. The molecule has 0 saturated carbocycles. The van der Waals surface area contributed by atoms with Crippen molar-refractivity contribution >= 4 is 17.8 Å². The molecule has 144 valence electrons. The van der Waals surface area contributed by atoms with Crippen LogP contribution >= 0.6 is 0 Å². The molecule has 2 aromatic rings. The molecule has 1 N–H and O–H groups in total. The molecular weight excluding hydrogens is 352 g/mol. The quantitative estimate of drug-likeness (QED) is 0.692. The molecule has 0 saturated heterocycles. The van der Waals surface area contributed by atoms with Crippen LogP contribution in [0.25, 0.3) is 0 Å². The number of esters is 2. The highest BCUT2D eigenvalue weighted by Gasteiger charge is 2.28. The zero-order valence-electron chi connectivity index (χ0n) is 15.5. The minimum absolute atomic E-state index is 0.103. The third-order valence-electron chi connectivity index (χ3n) is 3.58. The van der Waals surface area contributed by atoms with Crippen molar-refractivity contribution in [3.8, 4) is 0 Å². The largest absolute Gasteiger partial charge is 0.461 e. The smallest absolute Gasteiger partial charge is 0.361 e. The second kappa shape index (κ2) is 9.46. The number of nitrogens with one attached hydrogen (secondary N) is 1. The van der Waals surface area contributed by atoms with Crippen molar-refractivity contribution in [3.05, 3.63) is 46.8 Å². The summed E-state index contributed by atoms with van der Waals surface area (Å²) in [7, 11) is 0. The van der Waals surface area contributed by atoms with E-state index in [4.69, 9.17) is 9.47 Å². The summed E-state index contributed by atoms with van der Waals surface area (Å²) in [5.74, 6) is -1.98. The molecule has 1 aromatic heterocycles. The summed E-state index contributed by atoms with van der Waals surface area (Å²) in [6, 6.07) is 7.72. The lowest BCUT2D eigenvalue weighted by molar-refractivity contribution is -0.122. The van der Waals surface area contributed by atoms with Crippen LogP contribution in [0.2, 0.25) is 0 Å². The lowest BCUT2D eigenvalue weighted by atomic mass is 10.1. The number of carbonyl (C=O) groups excluding carboxylic acids is 3. The van der Waals surface area contributed by atoms with Gasteiger partial charge >= 0.3 is 11.9 Å². The van der Waals surface area contributed by atoms with Gasteiger partial charge in [-0.1, -0.05) is 35.0 Å². The Hall–Kier alpha value is -3.23. The Balaban J connectivity index is 2.11. The zero-order chi connectivity index (χ0) is 19.8. The number of carbonyl (C=O) groups is 3. The van der Waals surface area contributed by atoms with Crippen molar-refractivity contribution in [3.63, 3.8) is 0 Å². The van der Waals surface area contributed by atoms with Crippen molar-refractivity contribution in [1.82, 2.24) is 20.3 Å². The van der Waals surface area contributed by atoms with Gasteiger partial charge in [0.05, 0.1) is 13.2 Å². The van der Waals surface area contributed by atoms with Gasteiger partial charge in [-0.2, -0.15) is 0 Å². The number of rotatable bonds is 8. The van der Waals surface area contributed by atoms with E-state index in [0.717, 1.165) is 15.8 Å². The van der Waals surface area contributed by atoms with Gasteiger partial charge < -0.3 is 14.8 Å². The molecule has 0 aliphatic rings. The van der Waals surface area contributed by atoms with E-state index in [0.29, 0.717) is 6.54 Å². The van der Waals surface area contributed by atoms with Crippen LogP contribution in [-0.2, 0) is 27.4 Å². The fourth-order valence-corrected chi connectivity index (χ4v) is 2.26. The van der Waals surface area contributed by atoms with Gasteiger partial charge in [0.15, 0.2) is 5.69 Å². The summed E-state index contributed by atoms with van der Waals surface area (Å²) in [6.07, 6.45) is 0. The first-order chi connectivity index (χ1) is 13.0. The summed E-state index contributed by atoms with van der Waals surface area (Å²) in [6.45, 7) is 5.50. The average molecular weight is 374 g/mol. The SMILES string of the molecule is CCOC(=O)c1nnn(CC(=O)NCc2ccc(C)cc2)c1C(=O)OCC. The second-order valence-electron chi connectivity index (χ2n) is 5.65. The normalized spacial score (nSPS) is 10.3. The Morgan fingerprint density at radius 2 is 1.67 bits per heavy atom. The Labute approximate surface area is 156 Å². The summed E-state index contributed by atoms with van der Waals surface area (Å²) >= 11 is 0. The van der Waals surface area contributed by atoms with Gasteiger partial charge in [-0.05, 0) is 26.3 Å². The van der Waals surface area contributed by atoms with Gasteiger partial charge in [-0.15, -0.1) is 5.10 Å². The molecule has 1 amide bonds. The standard InChI is InChI=1S/C18H22N4O5/c1-4-26-17(24)15-16(18(25)27-5-2)22(21-20-15)11-14(23)19-10-13-8-6-12(3)7-9-13/h6-9H,4-5,10-11H2,1-3H3,(H,19,23). The maximum atomic E-state index is 12.2. The highest BCUT2D eigenvalue weighted by molar-refractivity contribution is 6.00. The number of amides is 1. The van der Waals surface area contributed by atoms with E-state index in [2.05, 4.69) is 15.6 Å². The molecule has 0 aliphatic heterocycles. The summed E-state index contributed by atoms with van der Waals surface area (Å²) < 4.78 is 10.8. The highest BCUT2D eigenvalue weighted by Crippen LogP contribution is 2.10. The average Bonchev–Trinajstić information content (AvgIpc) is 3.05. The predicted octanol–water partition coefficient (Wildman–Crippen LogP) is 1.26. The van der Waals surface area contributed by atoms with E-state index in [1.54, 1.807) is 13.8 Å². The van der Waals surface area contributed by atoms with Gasteiger partial charge in [0.1, 0.15) is 6.54 Å². The van der Waals surface area contributed by atoms with Crippen LogP contribution in [0.1, 0.15) is 46.0 Å². The Morgan fingerprint density at radius 1 is 1.04 bits per heavy atom. The van der Waals surface area contributed by atoms with Crippen molar-refractivity contribution in [2.45, 2.75) is 33.9 Å². The number of nitrogens with zero attached hydrogens (tertiary/aromatic N) is 3. The van der Waals surface area contributed by atoms with Gasteiger partial charge in [0, 0.05) is 6.54 Å². The number of hydrogen-bond acceptors (Lipinski definition) is 7. The molecule has 27 heavy (non-hydrogen) atoms. The highest BCUT2D eigenvalue weighted by atomic mass is 16.5. The maximum Gasteiger partial charge on any atom is 0.361 e. The van der Waals surface area contributed by atoms with E-state index in [1.807, 2.05) is 31.2 Å². The molecule has 2 rings (SSSR count). The molecule has 0 unspecified atom stereocenters. The third-order valence-corrected chi connectivity index (χ3v) is 3.58. The summed E-state index contributed by atoms with van der Waals surface area (Å²) in [5, 5.41) is 10.1. The number of ether oxygens (including phenoxy) is 2. The number of aryl methyl sites for hydroxylation is 1. The van der Waals surface area contributed by atoms with Gasteiger partial charge in [-0.3, -0.25) is 4.79 Å². The Kier molecular flexibility index (Phi) is 7.04. The molecule has 0 spiro atoms. The predicted molar refractivity (Wildman–Crippen MR) is 95.0 cm³/mol. The Morgan fingerprint density at radius 3 is 2.30 bits per heavy atom. The van der Waals surface area contributed by atoms with E-state index in [1.165, 1.54) is 0 Å². The van der Waals surface area contributed by atoms with Crippen LogP contribution in [-0.4, -0.2) is 46.1 Å². The molecule has 0 aliphatic carbocycles. The molecule has 0 atom stereocenters. The minimum atomic E-state index is -0.799. The van der Waals surface area contributed by atoms with Crippen LogP contribution in [0.5, 0.6) is 0 Å². The number of aromatic nitrogens is 3. The molecule has 1 heterocycles. The van der Waals surface area contributed by atoms with Crippen LogP contribution < -0.4 is 5.32 Å². The number of benzene rings is 1. The van der Waals surface area contributed by atoms with Crippen LogP contribution in [0, 0.1) is 6.92 Å². The lowest BCUT2D eigenvalue weighted by Gasteiger charge is -2.08. The molecule has 9 nitrogen and oxygen atoms in total. The first-order valence-corrected chi connectivity index (χ1v) is 8.56. The van der Waals surface area contributed by atoms with Gasteiger partial charge in [0.25, 0.3) is 0 Å². The Bertz CT molecular complexity index is 814. The van der Waals surface area contributed by atoms with Crippen molar-refractivity contribution in [1.29, 1.82) is 0 Å². The first kappa shape index (κ1) is 20.1. The van der Waals surface area contributed by atoms with E-state index in [9.17, 15) is 14.4 Å². The topological polar surface area (TPSA) is 112 Å². The van der Waals surface area contributed by atoms with Crippen molar-refractivity contribution < 1.29 is 23.9 Å². The summed E-state index contributed by atoms with van der Waals surface area (Å²) in [5.41, 5.74) is 1.58. The van der Waals surface area contributed by atoms with Gasteiger partial charge in [-0.25, -0.2) is 14.3 Å². The lowest BCUT2D eigenvalue weighted by Crippen LogP contribution is -2.29. The minimum Gasteiger partial charge on any atom is -0.461 e. The molecule has 0 radical (unpaired) electrons. The molecule has 0 bridgehead atoms. The van der Waals surface area contributed by atoms with Crippen LogP contribution in [0.4, 0.5) is 0 Å². The zero-order valence-corrected chi connectivity index (χ0v) is 15.5. The van der Waals surface area contributed by atoms with E-state index < -0.39 is 11.9 Å². The first-order valence-electron chi connectivity index (χ1n) is 8.56. The number of hydrogen-bond donors (Lipinski definition) is 1. The van der Waals surface area contributed by atoms with Crippen LogP contribution in [0.15, 0.2) is 24.3 Å². The fourth-order valence-electron chi connectivity index (χ4n) is 2.26. The fraction of sp³-hybridized carbons (Fsp3) is 0.389. The maximum absolute atomic E-state index is 12.2. The van der Waals surface area contributed by atoms with Gasteiger partial charge in [0.2, 0.25) is 11.6 Å².